The van der Waals surface area contributed by atoms with Crippen LogP contribution in [0.2, 0.25) is 0 Å². The topological polar surface area (TPSA) is 108 Å². The Morgan fingerprint density at radius 2 is 1.73 bits per heavy atom. The lowest BCUT2D eigenvalue weighted by molar-refractivity contribution is -0.138. The van der Waals surface area contributed by atoms with Gasteiger partial charge in [-0.25, -0.2) is 9.78 Å². The quantitative estimate of drug-likeness (QED) is 0.461. The molecule has 37 heavy (non-hydrogen) atoms. The summed E-state index contributed by atoms with van der Waals surface area (Å²) in [5.74, 6) is 0.958. The van der Waals surface area contributed by atoms with Gasteiger partial charge >= 0.3 is 12.2 Å². The van der Waals surface area contributed by atoms with Crippen LogP contribution in [0.25, 0.3) is 0 Å². The Hall–Kier alpha value is -3.97. The van der Waals surface area contributed by atoms with E-state index in [0.29, 0.717) is 36.2 Å². The van der Waals surface area contributed by atoms with Crippen LogP contribution < -0.4 is 21.2 Å². The molecule has 1 saturated heterocycles. The van der Waals surface area contributed by atoms with E-state index < -0.39 is 17.8 Å². The van der Waals surface area contributed by atoms with Gasteiger partial charge in [-0.05, 0) is 56.2 Å². The highest BCUT2D eigenvalue weighted by molar-refractivity contribution is 6.00. The number of nitrogens with one attached hydrogen (secondary N) is 3. The monoisotopic (exact) mass is 514 g/mol. The number of benzene rings is 2. The SMILES string of the molecule is Cc1ccc(NC(=O)Nc2ccc(C)c(C(F)(F)F)c2)cc1NN1c2ncnc(n2)C2CN1CC(C)O2. The number of urea groups is 1. The fraction of sp³-hybridized carbons (Fsp3) is 0.333. The number of carbonyl (C=O) groups excluding carboxylic acids is 1. The Morgan fingerprint density at radius 3 is 2.46 bits per heavy atom. The number of amides is 2. The molecule has 2 aromatic carbocycles. The van der Waals surface area contributed by atoms with E-state index >= 15 is 0 Å². The van der Waals surface area contributed by atoms with Gasteiger partial charge in [-0.15, -0.1) is 0 Å². The average molecular weight is 515 g/mol. The van der Waals surface area contributed by atoms with E-state index in [4.69, 9.17) is 4.74 Å². The number of hydrogen-bond acceptors (Lipinski definition) is 8. The van der Waals surface area contributed by atoms with Crippen LogP contribution in [0.5, 0.6) is 0 Å². The molecule has 3 unspecified atom stereocenters. The lowest BCUT2D eigenvalue weighted by Crippen LogP contribution is -2.54. The van der Waals surface area contributed by atoms with Crippen molar-refractivity contribution in [2.45, 2.75) is 39.2 Å². The van der Waals surface area contributed by atoms with Gasteiger partial charge in [0.05, 0.1) is 23.9 Å². The molecule has 3 atom stereocenters. The fourth-order valence-corrected chi connectivity index (χ4v) is 4.27. The summed E-state index contributed by atoms with van der Waals surface area (Å²) in [7, 11) is 0. The Balaban J connectivity index is 1.33. The summed E-state index contributed by atoms with van der Waals surface area (Å²) < 4.78 is 45.6. The highest BCUT2D eigenvalue weighted by atomic mass is 19.4. The zero-order valence-corrected chi connectivity index (χ0v) is 20.3. The zero-order chi connectivity index (χ0) is 26.3. The first-order valence-corrected chi connectivity index (χ1v) is 11.6. The number of carbonyl (C=O) groups is 1. The van der Waals surface area contributed by atoms with Gasteiger partial charge in [-0.1, -0.05) is 12.1 Å². The molecule has 1 aromatic heterocycles. The third-order valence-electron chi connectivity index (χ3n) is 6.10. The Labute approximate surface area is 210 Å². The van der Waals surface area contributed by atoms with Crippen molar-refractivity contribution in [1.29, 1.82) is 0 Å². The van der Waals surface area contributed by atoms with Crippen LogP contribution in [0.1, 0.15) is 35.5 Å². The van der Waals surface area contributed by atoms with Crippen LogP contribution in [-0.4, -0.2) is 45.2 Å². The number of anilines is 4. The van der Waals surface area contributed by atoms with Crippen LogP contribution in [0.15, 0.2) is 42.7 Å². The molecule has 3 N–H and O–H groups in total. The Bertz CT molecular complexity index is 1340. The van der Waals surface area contributed by atoms with Crippen molar-refractivity contribution < 1.29 is 22.7 Å². The number of hydrogen-bond donors (Lipinski definition) is 3. The molecule has 3 heterocycles. The predicted octanol–water partition coefficient (Wildman–Crippen LogP) is 4.68. The normalized spacial score (nSPS) is 20.7. The van der Waals surface area contributed by atoms with Crippen molar-refractivity contribution in [2.75, 3.05) is 34.3 Å². The first kappa shape index (κ1) is 24.7. The molecule has 2 aliphatic rings. The van der Waals surface area contributed by atoms with E-state index in [0.717, 1.165) is 11.6 Å². The maximum absolute atomic E-state index is 13.2. The molecule has 1 fully saturated rings. The second-order valence-electron chi connectivity index (χ2n) is 9.01. The third-order valence-corrected chi connectivity index (χ3v) is 6.10. The summed E-state index contributed by atoms with van der Waals surface area (Å²) in [6.45, 7) is 6.37. The highest BCUT2D eigenvalue weighted by Gasteiger charge is 2.36. The van der Waals surface area contributed by atoms with Gasteiger partial charge in [0.1, 0.15) is 12.4 Å². The van der Waals surface area contributed by atoms with Crippen LogP contribution >= 0.6 is 0 Å². The zero-order valence-electron chi connectivity index (χ0n) is 20.3. The van der Waals surface area contributed by atoms with Crippen molar-refractivity contribution >= 4 is 29.0 Å². The van der Waals surface area contributed by atoms with Gasteiger partial charge in [-0.2, -0.15) is 33.3 Å². The van der Waals surface area contributed by atoms with Crippen molar-refractivity contribution in [3.63, 3.8) is 0 Å². The molecule has 10 nitrogen and oxygen atoms in total. The molecule has 0 aliphatic carbocycles. The molecule has 0 radical (unpaired) electrons. The van der Waals surface area contributed by atoms with Crippen molar-refractivity contribution in [2.24, 2.45) is 0 Å². The predicted molar refractivity (Wildman–Crippen MR) is 131 cm³/mol. The molecule has 13 heteroatoms. The van der Waals surface area contributed by atoms with Gasteiger partial charge < -0.3 is 15.4 Å². The van der Waals surface area contributed by atoms with Crippen molar-refractivity contribution in [3.8, 4) is 0 Å². The first-order valence-electron chi connectivity index (χ1n) is 11.6. The van der Waals surface area contributed by atoms with Gasteiger partial charge in [0.25, 0.3) is 5.95 Å². The third kappa shape index (κ3) is 5.27. The number of aromatic nitrogens is 3. The summed E-state index contributed by atoms with van der Waals surface area (Å²) in [4.78, 5) is 25.6. The first-order chi connectivity index (χ1) is 17.6. The van der Waals surface area contributed by atoms with Gasteiger partial charge in [-0.3, -0.25) is 5.43 Å². The Kier molecular flexibility index (Phi) is 6.33. The van der Waals surface area contributed by atoms with Crippen LogP contribution in [0.4, 0.5) is 41.0 Å². The van der Waals surface area contributed by atoms with E-state index in [2.05, 4.69) is 31.0 Å². The molecule has 194 valence electrons. The standard InChI is InChI=1S/C24H25F3N8O2/c1-13-4-6-16(8-18(13)24(25,26)27)30-23(36)31-17-7-5-14(2)19(9-17)33-35-22-29-12-28-21(32-22)20-11-34(35)10-15(3)37-20/h4-9,12,15,20,33H,10-11H2,1-3H3,(H2,30,31,36). The van der Waals surface area contributed by atoms with Crippen molar-refractivity contribution in [1.82, 2.24) is 20.0 Å². The van der Waals surface area contributed by atoms with E-state index in [1.165, 1.54) is 25.4 Å². The average Bonchev–Trinajstić information content (AvgIpc) is 2.90. The number of rotatable bonds is 4. The molecule has 0 spiro atoms. The molecule has 2 aliphatic heterocycles. The number of morpholine rings is 1. The number of aryl methyl sites for hydroxylation is 2. The number of hydrazine groups is 2. The number of fused-ring (bicyclic) bond motifs is 5. The summed E-state index contributed by atoms with van der Waals surface area (Å²) in [6.07, 6.45) is -3.42. The van der Waals surface area contributed by atoms with Crippen LogP contribution in [0, 0.1) is 13.8 Å². The lowest BCUT2D eigenvalue weighted by atomic mass is 10.1. The summed E-state index contributed by atoms with van der Waals surface area (Å²) in [5.41, 5.74) is 4.63. The summed E-state index contributed by atoms with van der Waals surface area (Å²) in [6, 6.07) is 8.21. The smallest absolute Gasteiger partial charge is 0.364 e. The highest BCUT2D eigenvalue weighted by Crippen LogP contribution is 2.34. The molecule has 2 amide bonds. The number of alkyl halides is 3. The molecule has 0 saturated carbocycles. The van der Waals surface area contributed by atoms with Gasteiger partial charge in [0, 0.05) is 17.9 Å². The van der Waals surface area contributed by atoms with Crippen LogP contribution in [-0.2, 0) is 10.9 Å². The van der Waals surface area contributed by atoms with E-state index in [1.807, 2.05) is 24.9 Å². The van der Waals surface area contributed by atoms with E-state index in [1.54, 1.807) is 17.3 Å². The Morgan fingerprint density at radius 1 is 1.03 bits per heavy atom. The van der Waals surface area contributed by atoms with Gasteiger partial charge in [0.15, 0.2) is 5.82 Å². The van der Waals surface area contributed by atoms with E-state index in [-0.39, 0.29) is 23.5 Å². The number of nitrogens with zero attached hydrogens (tertiary/aromatic N) is 5. The largest absolute Gasteiger partial charge is 0.416 e. The van der Waals surface area contributed by atoms with Crippen LogP contribution in [0.3, 0.4) is 0 Å². The second kappa shape index (κ2) is 9.48. The molecule has 3 aromatic rings. The molecule has 5 rings (SSSR count). The van der Waals surface area contributed by atoms with Crippen molar-refractivity contribution in [3.05, 3.63) is 65.2 Å². The van der Waals surface area contributed by atoms with E-state index in [9.17, 15) is 18.0 Å². The summed E-state index contributed by atoms with van der Waals surface area (Å²) in [5, 5.41) is 8.90. The maximum Gasteiger partial charge on any atom is 0.416 e. The maximum atomic E-state index is 13.2. The fourth-order valence-electron chi connectivity index (χ4n) is 4.27. The minimum atomic E-state index is -4.51. The second-order valence-corrected chi connectivity index (χ2v) is 9.01. The molecule has 4 bridgehead atoms. The van der Waals surface area contributed by atoms with Gasteiger partial charge in [0.2, 0.25) is 0 Å². The number of halogens is 3. The minimum Gasteiger partial charge on any atom is -0.364 e. The lowest BCUT2D eigenvalue weighted by Gasteiger charge is -2.40. The minimum absolute atomic E-state index is 0.0343. The molecular formula is C24H25F3N8O2. The molecular weight excluding hydrogens is 489 g/mol. The summed E-state index contributed by atoms with van der Waals surface area (Å²) >= 11 is 0. The number of ether oxygens (including phenoxy) is 1.